The van der Waals surface area contributed by atoms with Gasteiger partial charge in [-0.15, -0.1) is 0 Å². The van der Waals surface area contributed by atoms with Crippen LogP contribution in [0.2, 0.25) is 0 Å². The number of hydrogen-bond acceptors (Lipinski definition) is 4. The van der Waals surface area contributed by atoms with E-state index in [1.807, 2.05) is 20.2 Å². The smallest absolute Gasteiger partial charge is 0.251 e. The molecule has 148 valence electrons. The van der Waals surface area contributed by atoms with Crippen LogP contribution < -0.4 is 10.2 Å². The van der Waals surface area contributed by atoms with Gasteiger partial charge in [0.05, 0.1) is 0 Å². The second-order valence-corrected chi connectivity index (χ2v) is 9.21. The Labute approximate surface area is 163 Å². The summed E-state index contributed by atoms with van der Waals surface area (Å²) in [4.78, 5) is 19.8. The molecule has 3 aliphatic rings. The maximum absolute atomic E-state index is 12.6. The summed E-state index contributed by atoms with van der Waals surface area (Å²) in [5, 5.41) is 3.06. The van der Waals surface area contributed by atoms with Crippen LogP contribution in [0.1, 0.15) is 41.6 Å². The third-order valence-corrected chi connectivity index (χ3v) is 6.50. The molecule has 2 aliphatic heterocycles. The van der Waals surface area contributed by atoms with Gasteiger partial charge in [0, 0.05) is 56.4 Å². The number of hydrogen-bond donors (Lipinski definition) is 1. The van der Waals surface area contributed by atoms with Gasteiger partial charge in [-0.25, -0.2) is 0 Å². The van der Waals surface area contributed by atoms with Crippen LogP contribution in [0.15, 0.2) is 18.2 Å². The van der Waals surface area contributed by atoms with Gasteiger partial charge < -0.3 is 20.0 Å². The lowest BCUT2D eigenvalue weighted by Gasteiger charge is -2.41. The Kier molecular flexibility index (Phi) is 5.17. The van der Waals surface area contributed by atoms with E-state index in [-0.39, 0.29) is 11.3 Å². The first-order chi connectivity index (χ1) is 13.0. The van der Waals surface area contributed by atoms with Crippen molar-refractivity contribution in [2.45, 2.75) is 31.1 Å². The van der Waals surface area contributed by atoms with Crippen molar-refractivity contribution in [3.63, 3.8) is 0 Å². The summed E-state index contributed by atoms with van der Waals surface area (Å²) in [6.07, 6.45) is 5.32. The number of carbonyl (C=O) groups is 1. The van der Waals surface area contributed by atoms with E-state index < -0.39 is 0 Å². The Bertz CT molecular complexity index is 700. The van der Waals surface area contributed by atoms with E-state index in [0.717, 1.165) is 31.1 Å². The molecule has 1 amide bonds. The lowest BCUT2D eigenvalue weighted by atomic mass is 9.75. The Hall–Kier alpha value is -1.59. The third-order valence-electron chi connectivity index (χ3n) is 6.50. The maximum atomic E-state index is 12.6. The summed E-state index contributed by atoms with van der Waals surface area (Å²) in [6, 6.07) is 6.33. The highest BCUT2D eigenvalue weighted by molar-refractivity contribution is 5.95. The number of likely N-dealkylation sites (tertiary alicyclic amines) is 1. The van der Waals surface area contributed by atoms with Gasteiger partial charge >= 0.3 is 0 Å². The van der Waals surface area contributed by atoms with Crippen molar-refractivity contribution in [3.05, 3.63) is 29.3 Å². The summed E-state index contributed by atoms with van der Waals surface area (Å²) >= 11 is 0. The number of anilines is 1. The second kappa shape index (κ2) is 7.44. The van der Waals surface area contributed by atoms with Crippen LogP contribution in [0.5, 0.6) is 0 Å². The number of nitrogens with zero attached hydrogens (tertiary/aromatic N) is 3. The third kappa shape index (κ3) is 3.99. The van der Waals surface area contributed by atoms with Crippen molar-refractivity contribution >= 4 is 11.6 Å². The number of benzene rings is 1. The lowest BCUT2D eigenvalue weighted by Crippen LogP contribution is -2.48. The molecule has 1 spiro atoms. The number of carbonyl (C=O) groups excluding carboxylic acids is 1. The molecule has 1 saturated carbocycles. The molecule has 5 heteroatoms. The van der Waals surface area contributed by atoms with Crippen LogP contribution >= 0.6 is 0 Å². The minimum Gasteiger partial charge on any atom is -0.373 e. The first-order valence-corrected chi connectivity index (χ1v) is 10.5. The summed E-state index contributed by atoms with van der Waals surface area (Å²) in [5.74, 6) is 0.988. The minimum absolute atomic E-state index is 0.0509. The molecular weight excluding hydrogens is 336 g/mol. The van der Waals surface area contributed by atoms with Gasteiger partial charge in [0.15, 0.2) is 0 Å². The van der Waals surface area contributed by atoms with Crippen LogP contribution in [-0.4, -0.2) is 76.1 Å². The molecule has 0 radical (unpaired) electrons. The lowest BCUT2D eigenvalue weighted by molar-refractivity contribution is 0.0950. The number of piperidine rings is 1. The average molecular weight is 371 g/mol. The molecule has 2 heterocycles. The van der Waals surface area contributed by atoms with E-state index in [4.69, 9.17) is 0 Å². The van der Waals surface area contributed by atoms with Crippen molar-refractivity contribution in [2.75, 3.05) is 65.3 Å². The van der Waals surface area contributed by atoms with Gasteiger partial charge in [-0.2, -0.15) is 0 Å². The number of amides is 1. The molecule has 5 nitrogen and oxygen atoms in total. The van der Waals surface area contributed by atoms with Crippen molar-refractivity contribution < 1.29 is 4.79 Å². The summed E-state index contributed by atoms with van der Waals surface area (Å²) < 4.78 is 0. The summed E-state index contributed by atoms with van der Waals surface area (Å²) in [6.45, 7) is 6.28. The van der Waals surface area contributed by atoms with Gasteiger partial charge in [0.2, 0.25) is 0 Å². The largest absolute Gasteiger partial charge is 0.373 e. The number of nitrogens with one attached hydrogen (secondary N) is 1. The predicted molar refractivity (Wildman–Crippen MR) is 111 cm³/mol. The monoisotopic (exact) mass is 370 g/mol. The summed E-state index contributed by atoms with van der Waals surface area (Å²) in [7, 11) is 6.25. The van der Waals surface area contributed by atoms with E-state index in [0.29, 0.717) is 6.54 Å². The molecule has 1 aliphatic carbocycles. The Balaban J connectivity index is 1.53. The topological polar surface area (TPSA) is 38.8 Å². The van der Waals surface area contributed by atoms with E-state index in [1.54, 1.807) is 0 Å². The zero-order chi connectivity index (χ0) is 19.0. The molecular formula is C22H34N4O. The fourth-order valence-electron chi connectivity index (χ4n) is 4.95. The molecule has 1 atom stereocenters. The van der Waals surface area contributed by atoms with E-state index in [2.05, 4.69) is 39.2 Å². The quantitative estimate of drug-likeness (QED) is 0.833. The zero-order valence-electron chi connectivity index (χ0n) is 17.1. The molecule has 2 fully saturated rings. The van der Waals surface area contributed by atoms with Crippen LogP contribution in [0, 0.1) is 5.92 Å². The molecule has 1 aromatic carbocycles. The second-order valence-electron chi connectivity index (χ2n) is 9.21. The van der Waals surface area contributed by atoms with E-state index in [9.17, 15) is 4.79 Å². The SMILES string of the molecule is CN(C)CCNC(=O)c1ccc2c(c1)C1(CCCN(CC3CC3)C1)CN2C. The van der Waals surface area contributed by atoms with Crippen molar-refractivity contribution in [2.24, 2.45) is 5.92 Å². The molecule has 0 aromatic heterocycles. The summed E-state index contributed by atoms with van der Waals surface area (Å²) in [5.41, 5.74) is 3.71. The molecule has 4 rings (SSSR count). The van der Waals surface area contributed by atoms with Gasteiger partial charge in [0.1, 0.15) is 0 Å². The molecule has 0 bridgehead atoms. The minimum atomic E-state index is 0.0509. The highest BCUT2D eigenvalue weighted by atomic mass is 16.1. The average Bonchev–Trinajstić information content (AvgIpc) is 3.40. The van der Waals surface area contributed by atoms with Crippen LogP contribution in [0.4, 0.5) is 5.69 Å². The highest BCUT2D eigenvalue weighted by Crippen LogP contribution is 2.46. The van der Waals surface area contributed by atoms with Crippen LogP contribution in [-0.2, 0) is 5.41 Å². The number of fused-ring (bicyclic) bond motifs is 2. The fraction of sp³-hybridized carbons (Fsp3) is 0.682. The van der Waals surface area contributed by atoms with Gasteiger partial charge in [-0.05, 0) is 76.0 Å². The highest BCUT2D eigenvalue weighted by Gasteiger charge is 2.45. The zero-order valence-corrected chi connectivity index (χ0v) is 17.1. The normalized spacial score (nSPS) is 25.3. The van der Waals surface area contributed by atoms with Gasteiger partial charge in [0.25, 0.3) is 5.91 Å². The first kappa shape index (κ1) is 18.8. The predicted octanol–water partition coefficient (Wildman–Crippen LogP) is 2.17. The van der Waals surface area contributed by atoms with Crippen LogP contribution in [0.25, 0.3) is 0 Å². The van der Waals surface area contributed by atoms with Crippen molar-refractivity contribution in [1.29, 1.82) is 0 Å². The molecule has 1 unspecified atom stereocenters. The Morgan fingerprint density at radius 2 is 2.11 bits per heavy atom. The van der Waals surface area contributed by atoms with E-state index in [1.165, 1.54) is 50.0 Å². The van der Waals surface area contributed by atoms with Crippen LogP contribution in [0.3, 0.4) is 0 Å². The van der Waals surface area contributed by atoms with Crippen molar-refractivity contribution in [1.82, 2.24) is 15.1 Å². The maximum Gasteiger partial charge on any atom is 0.251 e. The fourth-order valence-corrected chi connectivity index (χ4v) is 4.95. The molecule has 1 N–H and O–H groups in total. The Morgan fingerprint density at radius 1 is 1.30 bits per heavy atom. The number of likely N-dealkylation sites (N-methyl/N-ethyl adjacent to an activating group) is 2. The van der Waals surface area contributed by atoms with Crippen molar-refractivity contribution in [3.8, 4) is 0 Å². The van der Waals surface area contributed by atoms with Gasteiger partial charge in [-0.3, -0.25) is 4.79 Å². The van der Waals surface area contributed by atoms with E-state index >= 15 is 0 Å². The molecule has 27 heavy (non-hydrogen) atoms. The number of rotatable bonds is 6. The van der Waals surface area contributed by atoms with Gasteiger partial charge in [-0.1, -0.05) is 0 Å². The molecule has 1 saturated heterocycles. The first-order valence-electron chi connectivity index (χ1n) is 10.5. The Morgan fingerprint density at radius 3 is 2.85 bits per heavy atom. The molecule has 1 aromatic rings. The standard InChI is InChI=1S/C22H34N4O/c1-24(2)12-10-23-21(27)18-7-8-20-19(13-18)22(15-25(20)3)9-4-11-26(16-22)14-17-5-6-17/h7-8,13,17H,4-6,9-12,14-16H2,1-3H3,(H,23,27).